The highest BCUT2D eigenvalue weighted by Crippen LogP contribution is 2.31. The molecule has 1 unspecified atom stereocenters. The maximum atomic E-state index is 12.6. The lowest BCUT2D eigenvalue weighted by atomic mass is 10.1. The molecule has 108 valence electrons. The summed E-state index contributed by atoms with van der Waals surface area (Å²) in [5, 5.41) is 3.21. The number of aromatic nitrogens is 2. The van der Waals surface area contributed by atoms with Crippen LogP contribution in [0.3, 0.4) is 0 Å². The average Bonchev–Trinajstić information content (AvgIpc) is 2.65. The van der Waals surface area contributed by atoms with Crippen LogP contribution in [0, 0.1) is 0 Å². The Bertz CT molecular complexity index is 437. The quantitative estimate of drug-likeness (QED) is 0.915. The minimum Gasteiger partial charge on any atom is -0.329 e. The third-order valence-electron chi connectivity index (χ3n) is 3.44. The van der Waals surface area contributed by atoms with Gasteiger partial charge in [-0.15, -0.1) is 0 Å². The lowest BCUT2D eigenvalue weighted by molar-refractivity contribution is -0.141. The smallest absolute Gasteiger partial charge is 0.329 e. The van der Waals surface area contributed by atoms with Crippen molar-refractivity contribution in [1.29, 1.82) is 0 Å². The molecule has 0 aliphatic carbocycles. The first kappa shape index (κ1) is 14.4. The number of alkyl halides is 3. The van der Waals surface area contributed by atoms with Crippen molar-refractivity contribution in [1.82, 2.24) is 14.9 Å². The van der Waals surface area contributed by atoms with Crippen LogP contribution in [0.2, 0.25) is 0 Å². The molecule has 1 aromatic rings. The van der Waals surface area contributed by atoms with Crippen molar-refractivity contribution in [2.45, 2.75) is 58.3 Å². The van der Waals surface area contributed by atoms with Crippen molar-refractivity contribution >= 4 is 0 Å². The van der Waals surface area contributed by atoms with Crippen LogP contribution >= 0.6 is 0 Å². The Hall–Kier alpha value is -1.04. The summed E-state index contributed by atoms with van der Waals surface area (Å²) in [6.45, 7) is 5.13. The maximum Gasteiger partial charge on any atom is 0.391 e. The minimum atomic E-state index is -4.13. The second kappa shape index (κ2) is 5.53. The van der Waals surface area contributed by atoms with Gasteiger partial charge in [-0.05, 0) is 13.3 Å². The maximum absolute atomic E-state index is 12.6. The Morgan fingerprint density at radius 1 is 1.42 bits per heavy atom. The fourth-order valence-corrected chi connectivity index (χ4v) is 2.74. The molecule has 6 heteroatoms. The molecule has 1 aromatic heterocycles. The van der Waals surface area contributed by atoms with E-state index >= 15 is 0 Å². The highest BCUT2D eigenvalue weighted by Gasteiger charge is 2.33. The molecule has 1 atom stereocenters. The molecule has 2 heterocycles. The fourth-order valence-electron chi connectivity index (χ4n) is 2.74. The molecule has 0 saturated carbocycles. The second-order valence-electron chi connectivity index (χ2n) is 5.14. The number of imidazole rings is 1. The van der Waals surface area contributed by atoms with Crippen LogP contribution in [0.5, 0.6) is 0 Å². The summed E-state index contributed by atoms with van der Waals surface area (Å²) in [5.74, 6) is 0.799. The molecule has 0 fully saturated rings. The molecule has 19 heavy (non-hydrogen) atoms. The van der Waals surface area contributed by atoms with Crippen molar-refractivity contribution in [3.8, 4) is 0 Å². The van der Waals surface area contributed by atoms with Crippen LogP contribution in [-0.2, 0) is 19.4 Å². The Morgan fingerprint density at radius 2 is 2.16 bits per heavy atom. The Balaban J connectivity index is 2.33. The van der Waals surface area contributed by atoms with Crippen LogP contribution in [-0.4, -0.2) is 22.3 Å². The summed E-state index contributed by atoms with van der Waals surface area (Å²) in [5.41, 5.74) is 1.91. The van der Waals surface area contributed by atoms with Crippen LogP contribution in [0.4, 0.5) is 13.2 Å². The van der Waals surface area contributed by atoms with Crippen molar-refractivity contribution in [3.63, 3.8) is 0 Å². The first-order valence-electron chi connectivity index (χ1n) is 6.78. The van der Waals surface area contributed by atoms with E-state index in [-0.39, 0.29) is 0 Å². The van der Waals surface area contributed by atoms with Crippen molar-refractivity contribution < 1.29 is 13.2 Å². The van der Waals surface area contributed by atoms with Crippen LogP contribution < -0.4 is 5.32 Å². The van der Waals surface area contributed by atoms with E-state index in [4.69, 9.17) is 0 Å². The summed E-state index contributed by atoms with van der Waals surface area (Å²) in [6.07, 6.45) is -2.54. The summed E-state index contributed by atoms with van der Waals surface area (Å²) >= 11 is 0. The lowest BCUT2D eigenvalue weighted by Crippen LogP contribution is -2.27. The number of hydrogen-bond donors (Lipinski definition) is 1. The van der Waals surface area contributed by atoms with Crippen molar-refractivity contribution in [3.05, 3.63) is 17.2 Å². The normalized spacial score (nSPS) is 17.3. The monoisotopic (exact) mass is 275 g/mol. The molecular weight excluding hydrogens is 255 g/mol. The molecule has 3 nitrogen and oxygen atoms in total. The van der Waals surface area contributed by atoms with E-state index in [1.165, 1.54) is 0 Å². The average molecular weight is 275 g/mol. The molecule has 0 bridgehead atoms. The van der Waals surface area contributed by atoms with Gasteiger partial charge in [0.2, 0.25) is 0 Å². The van der Waals surface area contributed by atoms with E-state index in [0.29, 0.717) is 6.54 Å². The molecule has 0 aromatic carbocycles. The van der Waals surface area contributed by atoms with Crippen molar-refractivity contribution in [2.24, 2.45) is 0 Å². The zero-order valence-electron chi connectivity index (χ0n) is 11.3. The van der Waals surface area contributed by atoms with E-state index in [1.807, 2.05) is 11.5 Å². The van der Waals surface area contributed by atoms with Gasteiger partial charge in [0.1, 0.15) is 5.82 Å². The molecule has 2 rings (SSSR count). The van der Waals surface area contributed by atoms with Gasteiger partial charge in [0, 0.05) is 37.7 Å². The third kappa shape index (κ3) is 3.29. The first-order valence-corrected chi connectivity index (χ1v) is 6.78. The predicted molar refractivity (Wildman–Crippen MR) is 67.0 cm³/mol. The fraction of sp³-hybridized carbons (Fsp3) is 0.769. The summed E-state index contributed by atoms with van der Waals surface area (Å²) in [4.78, 5) is 4.52. The molecule has 1 aliphatic heterocycles. The Morgan fingerprint density at radius 3 is 2.79 bits per heavy atom. The molecule has 0 amide bonds. The number of halogens is 3. The van der Waals surface area contributed by atoms with Crippen LogP contribution in [0.1, 0.15) is 49.9 Å². The van der Waals surface area contributed by atoms with E-state index in [1.54, 1.807) is 6.92 Å². The molecule has 0 saturated heterocycles. The Labute approximate surface area is 111 Å². The number of nitrogens with one attached hydrogen (secondary N) is 1. The van der Waals surface area contributed by atoms with E-state index in [0.717, 1.165) is 43.0 Å². The standard InChI is InChI=1S/C13H20F3N3/c1-3-4-12-18-10-8-17-6-5-11(10)19(12)9(2)7-13(14,15)16/h9,17H,3-8H2,1-2H3. The summed E-state index contributed by atoms with van der Waals surface area (Å²) in [6, 6.07) is -0.573. The van der Waals surface area contributed by atoms with Gasteiger partial charge in [0.05, 0.1) is 12.1 Å². The number of fused-ring (bicyclic) bond motifs is 1. The minimum absolute atomic E-state index is 0.573. The molecule has 1 N–H and O–H groups in total. The van der Waals surface area contributed by atoms with Gasteiger partial charge < -0.3 is 9.88 Å². The molecular formula is C13H20F3N3. The second-order valence-corrected chi connectivity index (χ2v) is 5.14. The highest BCUT2D eigenvalue weighted by atomic mass is 19.4. The summed E-state index contributed by atoms with van der Waals surface area (Å²) < 4.78 is 39.6. The van der Waals surface area contributed by atoms with Gasteiger partial charge in [-0.2, -0.15) is 13.2 Å². The lowest BCUT2D eigenvalue weighted by Gasteiger charge is -2.22. The van der Waals surface area contributed by atoms with Gasteiger partial charge in [-0.25, -0.2) is 4.98 Å². The molecule has 0 spiro atoms. The van der Waals surface area contributed by atoms with Gasteiger partial charge in [-0.3, -0.25) is 0 Å². The van der Waals surface area contributed by atoms with Gasteiger partial charge in [0.25, 0.3) is 0 Å². The Kier molecular flexibility index (Phi) is 4.18. The van der Waals surface area contributed by atoms with Crippen LogP contribution in [0.15, 0.2) is 0 Å². The first-order chi connectivity index (χ1) is 8.92. The van der Waals surface area contributed by atoms with E-state index < -0.39 is 18.6 Å². The number of aryl methyl sites for hydroxylation is 1. The van der Waals surface area contributed by atoms with Gasteiger partial charge in [-0.1, -0.05) is 6.92 Å². The number of rotatable bonds is 4. The largest absolute Gasteiger partial charge is 0.391 e. The van der Waals surface area contributed by atoms with E-state index in [9.17, 15) is 13.2 Å². The van der Waals surface area contributed by atoms with Gasteiger partial charge in [0.15, 0.2) is 0 Å². The molecule has 0 radical (unpaired) electrons. The highest BCUT2D eigenvalue weighted by molar-refractivity contribution is 5.21. The summed E-state index contributed by atoms with van der Waals surface area (Å²) in [7, 11) is 0. The topological polar surface area (TPSA) is 29.9 Å². The zero-order chi connectivity index (χ0) is 14.0. The SMILES string of the molecule is CCCc1nc2c(n1C(C)CC(F)(F)F)CCNC2. The number of nitrogens with zero attached hydrogens (tertiary/aromatic N) is 2. The van der Waals surface area contributed by atoms with Crippen molar-refractivity contribution in [2.75, 3.05) is 6.54 Å². The third-order valence-corrected chi connectivity index (χ3v) is 3.44. The van der Waals surface area contributed by atoms with Gasteiger partial charge >= 0.3 is 6.18 Å². The predicted octanol–water partition coefficient (Wildman–Crippen LogP) is 2.99. The molecule has 1 aliphatic rings. The zero-order valence-corrected chi connectivity index (χ0v) is 11.3. The van der Waals surface area contributed by atoms with Crippen LogP contribution in [0.25, 0.3) is 0 Å². The van der Waals surface area contributed by atoms with E-state index in [2.05, 4.69) is 10.3 Å². The number of hydrogen-bond acceptors (Lipinski definition) is 2.